The molecule has 0 aromatic heterocycles. The topological polar surface area (TPSA) is 91.8 Å². The minimum absolute atomic E-state index is 0.00503. The molecule has 2 rings (SSSR count). The van der Waals surface area contributed by atoms with E-state index in [1.54, 1.807) is 6.92 Å². The molecule has 0 aliphatic heterocycles. The molecule has 2 aromatic carbocycles. The summed E-state index contributed by atoms with van der Waals surface area (Å²) in [7, 11) is -8.20. The Kier molecular flexibility index (Phi) is 7.63. The molecule has 1 N–H and O–H groups in total. The van der Waals surface area contributed by atoms with Crippen LogP contribution in [0.15, 0.2) is 47.4 Å². The maximum atomic E-state index is 13.3. The molecule has 0 saturated heterocycles. The fraction of sp³-hybridized carbons (Fsp3) is 0.294. The van der Waals surface area contributed by atoms with E-state index in [1.165, 1.54) is 42.5 Å². The number of anilines is 1. The minimum Gasteiger partial charge on any atom is -0.286 e. The lowest BCUT2D eigenvalue weighted by Gasteiger charge is -2.31. The molecule has 0 aliphatic rings. The summed E-state index contributed by atoms with van der Waals surface area (Å²) in [6.45, 7) is 1.62. The predicted octanol–water partition coefficient (Wildman–Crippen LogP) is 4.90. The highest BCUT2D eigenvalue weighted by Gasteiger charge is 2.31. The lowest BCUT2D eigenvalue weighted by Crippen LogP contribution is -2.39. The summed E-state index contributed by atoms with van der Waals surface area (Å²) in [6, 6.07) is 9.42. The average molecular weight is 487 g/mol. The van der Waals surface area contributed by atoms with E-state index < -0.39 is 31.9 Å². The minimum atomic E-state index is -4.15. The Morgan fingerprint density at radius 3 is 2.11 bits per heavy atom. The number of nitrogens with zero attached hydrogens (tertiary/aromatic N) is 1. The molecule has 154 valence electrons. The first-order valence-corrected chi connectivity index (χ1v) is 12.3. The van der Waals surface area contributed by atoms with Gasteiger partial charge in [-0.2, -0.15) is 8.42 Å². The van der Waals surface area contributed by atoms with Gasteiger partial charge in [-0.15, -0.1) is 0 Å². The number of rotatable bonds is 8. The van der Waals surface area contributed by atoms with Crippen LogP contribution >= 0.6 is 34.8 Å². The molecule has 0 aliphatic carbocycles. The molecular weight excluding hydrogens is 469 g/mol. The first kappa shape index (κ1) is 23.3. The van der Waals surface area contributed by atoms with Gasteiger partial charge in [0.25, 0.3) is 20.1 Å². The summed E-state index contributed by atoms with van der Waals surface area (Å²) >= 11 is 18.1. The van der Waals surface area contributed by atoms with Crippen molar-refractivity contribution < 1.29 is 21.4 Å². The van der Waals surface area contributed by atoms with Crippen molar-refractivity contribution in [2.75, 3.05) is 10.1 Å². The third-order valence-corrected chi connectivity index (χ3v) is 7.49. The Morgan fingerprint density at radius 2 is 1.54 bits per heavy atom. The monoisotopic (exact) mass is 485 g/mol. The molecule has 28 heavy (non-hydrogen) atoms. The maximum Gasteiger partial charge on any atom is 0.264 e. The van der Waals surface area contributed by atoms with Crippen molar-refractivity contribution in [1.29, 1.82) is 0 Å². The van der Waals surface area contributed by atoms with Crippen molar-refractivity contribution >= 4 is 60.6 Å². The van der Waals surface area contributed by atoms with Crippen molar-refractivity contribution in [3.05, 3.63) is 57.5 Å². The summed E-state index contributed by atoms with van der Waals surface area (Å²) in [5, 5.41) is 0.844. The van der Waals surface area contributed by atoms with E-state index >= 15 is 0 Å². The van der Waals surface area contributed by atoms with Crippen molar-refractivity contribution in [2.45, 2.75) is 30.7 Å². The molecule has 0 amide bonds. The van der Waals surface area contributed by atoms with Crippen molar-refractivity contribution in [3.63, 3.8) is 0 Å². The normalized spacial score (nSPS) is 13.3. The third-order valence-electron chi connectivity index (χ3n) is 3.94. The van der Waals surface area contributed by atoms with Gasteiger partial charge in [0.15, 0.2) is 0 Å². The highest BCUT2D eigenvalue weighted by molar-refractivity contribution is 7.92. The maximum absolute atomic E-state index is 13.3. The van der Waals surface area contributed by atoms with Crippen LogP contribution in [-0.4, -0.2) is 33.2 Å². The largest absolute Gasteiger partial charge is 0.286 e. The summed E-state index contributed by atoms with van der Waals surface area (Å²) in [5.41, 5.74) is 0.170. The van der Waals surface area contributed by atoms with Crippen LogP contribution in [0.25, 0.3) is 0 Å². The van der Waals surface area contributed by atoms with Crippen LogP contribution in [0.3, 0.4) is 0 Å². The van der Waals surface area contributed by atoms with E-state index in [-0.39, 0.29) is 28.4 Å². The molecule has 0 unspecified atom stereocenters. The SMILES string of the molecule is C[C@H](CCCS(=O)(=O)O)N(c1cc(Cl)ccc1Cl)S(=O)(=O)c1ccc(Cl)cc1. The Balaban J connectivity index is 2.49. The smallest absolute Gasteiger partial charge is 0.264 e. The van der Waals surface area contributed by atoms with E-state index in [2.05, 4.69) is 0 Å². The van der Waals surface area contributed by atoms with Crippen LogP contribution in [0.4, 0.5) is 5.69 Å². The van der Waals surface area contributed by atoms with Gasteiger partial charge in [-0.05, 0) is 62.2 Å². The zero-order chi connectivity index (χ0) is 21.1. The Labute approximate surface area is 179 Å². The standard InChI is InChI=1S/C17H18Cl3NO5S2/c1-12(3-2-10-27(22,23)24)21(17-11-14(19)6-9-16(17)20)28(25,26)15-7-4-13(18)5-8-15/h4-9,11-12H,2-3,10H2,1H3,(H,22,23,24)/t12-/m1/s1. The van der Waals surface area contributed by atoms with Crippen LogP contribution in [-0.2, 0) is 20.1 Å². The van der Waals surface area contributed by atoms with Gasteiger partial charge >= 0.3 is 0 Å². The van der Waals surface area contributed by atoms with Gasteiger partial charge in [0, 0.05) is 16.1 Å². The number of halogens is 3. The van der Waals surface area contributed by atoms with Crippen molar-refractivity contribution in [3.8, 4) is 0 Å². The first-order valence-electron chi connectivity index (χ1n) is 8.12. The highest BCUT2D eigenvalue weighted by Crippen LogP contribution is 2.35. The molecular formula is C17H18Cl3NO5S2. The summed E-state index contributed by atoms with van der Waals surface area (Å²) in [4.78, 5) is -0.00503. The van der Waals surface area contributed by atoms with Crippen LogP contribution in [0.5, 0.6) is 0 Å². The second-order valence-corrected chi connectivity index (χ2v) is 10.8. The van der Waals surface area contributed by atoms with E-state index in [4.69, 9.17) is 39.4 Å². The molecule has 0 saturated carbocycles. The van der Waals surface area contributed by atoms with Gasteiger partial charge < -0.3 is 0 Å². The van der Waals surface area contributed by atoms with E-state index in [0.717, 1.165) is 4.31 Å². The van der Waals surface area contributed by atoms with Crippen LogP contribution in [0.1, 0.15) is 19.8 Å². The molecule has 0 fully saturated rings. The van der Waals surface area contributed by atoms with Gasteiger partial charge in [-0.25, -0.2) is 8.42 Å². The van der Waals surface area contributed by atoms with E-state index in [0.29, 0.717) is 10.0 Å². The van der Waals surface area contributed by atoms with E-state index in [9.17, 15) is 16.8 Å². The molecule has 6 nitrogen and oxygen atoms in total. The summed E-state index contributed by atoms with van der Waals surface area (Å²) in [6.07, 6.45) is 0.222. The summed E-state index contributed by atoms with van der Waals surface area (Å²) in [5.74, 6) is -0.477. The zero-order valence-corrected chi connectivity index (χ0v) is 18.6. The number of benzene rings is 2. The fourth-order valence-corrected chi connectivity index (χ4v) is 5.44. The average Bonchev–Trinajstić information content (AvgIpc) is 2.57. The fourth-order valence-electron chi connectivity index (χ4n) is 2.66. The number of sulfonamides is 1. The van der Waals surface area contributed by atoms with E-state index in [1.807, 2.05) is 0 Å². The van der Waals surface area contributed by atoms with Crippen LogP contribution < -0.4 is 4.31 Å². The molecule has 0 bridgehead atoms. The molecule has 0 radical (unpaired) electrons. The molecule has 1 atom stereocenters. The molecule has 2 aromatic rings. The van der Waals surface area contributed by atoms with Crippen LogP contribution in [0.2, 0.25) is 15.1 Å². The van der Waals surface area contributed by atoms with Crippen molar-refractivity contribution in [2.24, 2.45) is 0 Å². The van der Waals surface area contributed by atoms with Gasteiger partial charge in [0.2, 0.25) is 0 Å². The molecule has 11 heteroatoms. The van der Waals surface area contributed by atoms with Crippen molar-refractivity contribution in [1.82, 2.24) is 0 Å². The predicted molar refractivity (Wildman–Crippen MR) is 113 cm³/mol. The molecule has 0 spiro atoms. The Morgan fingerprint density at radius 1 is 0.964 bits per heavy atom. The quantitative estimate of drug-likeness (QED) is 0.536. The number of hydrogen-bond acceptors (Lipinski definition) is 4. The van der Waals surface area contributed by atoms with Gasteiger partial charge in [-0.3, -0.25) is 8.86 Å². The third kappa shape index (κ3) is 5.98. The lowest BCUT2D eigenvalue weighted by molar-refractivity contribution is 0.478. The molecule has 0 heterocycles. The van der Waals surface area contributed by atoms with Crippen LogP contribution in [0, 0.1) is 0 Å². The van der Waals surface area contributed by atoms with Gasteiger partial charge in [0.1, 0.15) is 0 Å². The lowest BCUT2D eigenvalue weighted by atomic mass is 10.2. The Bertz CT molecular complexity index is 1040. The number of hydrogen-bond donors (Lipinski definition) is 1. The Hall–Kier alpha value is -1.03. The first-order chi connectivity index (χ1) is 12.9. The summed E-state index contributed by atoms with van der Waals surface area (Å²) < 4.78 is 58.6. The van der Waals surface area contributed by atoms with Gasteiger partial charge in [-0.1, -0.05) is 34.8 Å². The second kappa shape index (κ2) is 9.19. The zero-order valence-electron chi connectivity index (χ0n) is 14.7. The van der Waals surface area contributed by atoms with Gasteiger partial charge in [0.05, 0.1) is 21.4 Å². The second-order valence-electron chi connectivity index (χ2n) is 6.13. The highest BCUT2D eigenvalue weighted by atomic mass is 35.5.